The monoisotopic (exact) mass is 222 g/mol. The molecule has 1 aromatic heterocycles. The molecular formula is C10H14N4O2. The van der Waals surface area contributed by atoms with Crippen molar-refractivity contribution in [3.05, 3.63) is 12.2 Å². The van der Waals surface area contributed by atoms with Gasteiger partial charge in [-0.25, -0.2) is 9.67 Å². The zero-order valence-corrected chi connectivity index (χ0v) is 9.22. The van der Waals surface area contributed by atoms with Gasteiger partial charge in [0.15, 0.2) is 0 Å². The number of hydrogen-bond donors (Lipinski definition) is 0. The average Bonchev–Trinajstić information content (AvgIpc) is 2.71. The van der Waals surface area contributed by atoms with Crippen LogP contribution in [-0.4, -0.2) is 45.3 Å². The molecule has 0 radical (unpaired) electrons. The third-order valence-corrected chi connectivity index (χ3v) is 3.25. The van der Waals surface area contributed by atoms with E-state index < -0.39 is 0 Å². The van der Waals surface area contributed by atoms with Gasteiger partial charge in [-0.3, -0.25) is 4.79 Å². The third-order valence-electron chi connectivity index (χ3n) is 3.25. The van der Waals surface area contributed by atoms with Gasteiger partial charge in [-0.2, -0.15) is 5.10 Å². The van der Waals surface area contributed by atoms with Crippen molar-refractivity contribution in [1.29, 1.82) is 0 Å². The van der Waals surface area contributed by atoms with Crippen LogP contribution in [-0.2, 0) is 22.6 Å². The normalized spacial score (nSPS) is 22.4. The Bertz CT molecular complexity index is 424. The second-order valence-electron chi connectivity index (χ2n) is 4.68. The quantitative estimate of drug-likeness (QED) is 0.652. The van der Waals surface area contributed by atoms with Gasteiger partial charge in [0.05, 0.1) is 31.7 Å². The van der Waals surface area contributed by atoms with Crippen molar-refractivity contribution in [2.45, 2.75) is 20.0 Å². The van der Waals surface area contributed by atoms with E-state index in [1.807, 2.05) is 16.5 Å². The molecule has 0 aliphatic carbocycles. The van der Waals surface area contributed by atoms with E-state index in [9.17, 15) is 4.79 Å². The number of carbonyl (C=O) groups excluding carboxylic acids is 1. The highest BCUT2D eigenvalue weighted by Gasteiger charge is 2.44. The minimum absolute atomic E-state index is 0.174. The van der Waals surface area contributed by atoms with Crippen molar-refractivity contribution in [1.82, 2.24) is 19.7 Å². The zero-order chi connectivity index (χ0) is 11.2. The molecule has 16 heavy (non-hydrogen) atoms. The third kappa shape index (κ3) is 1.33. The molecular weight excluding hydrogens is 208 g/mol. The van der Waals surface area contributed by atoms with Gasteiger partial charge >= 0.3 is 0 Å². The Morgan fingerprint density at radius 2 is 2.31 bits per heavy atom. The van der Waals surface area contributed by atoms with E-state index in [0.29, 0.717) is 26.3 Å². The van der Waals surface area contributed by atoms with Gasteiger partial charge in [-0.15, -0.1) is 0 Å². The number of nitrogens with zero attached hydrogens (tertiary/aromatic N) is 4. The van der Waals surface area contributed by atoms with Crippen LogP contribution in [0.1, 0.15) is 12.7 Å². The lowest BCUT2D eigenvalue weighted by molar-refractivity contribution is -0.170. The SMILES string of the molecule is CC1(C(=O)N2CCn3ncnc3C2)COC1. The van der Waals surface area contributed by atoms with Gasteiger partial charge in [0.25, 0.3) is 0 Å². The van der Waals surface area contributed by atoms with Crippen molar-refractivity contribution >= 4 is 5.91 Å². The standard InChI is InChI=1S/C10H14N4O2/c1-10(5-16-6-10)9(15)13-2-3-14-8(4-13)11-7-12-14/h7H,2-6H2,1H3. The number of hydrogen-bond acceptors (Lipinski definition) is 4. The fourth-order valence-corrected chi connectivity index (χ4v) is 2.15. The number of carbonyl (C=O) groups is 1. The molecule has 6 nitrogen and oxygen atoms in total. The van der Waals surface area contributed by atoms with Crippen LogP contribution in [0.15, 0.2) is 6.33 Å². The molecule has 86 valence electrons. The molecule has 1 aromatic rings. The Labute approximate surface area is 93.2 Å². The molecule has 6 heteroatoms. The first kappa shape index (κ1) is 9.77. The van der Waals surface area contributed by atoms with E-state index in [0.717, 1.165) is 12.4 Å². The van der Waals surface area contributed by atoms with E-state index in [1.54, 1.807) is 0 Å². The molecule has 0 atom stereocenters. The molecule has 0 saturated carbocycles. The van der Waals surface area contributed by atoms with E-state index in [1.165, 1.54) is 6.33 Å². The van der Waals surface area contributed by atoms with Crippen molar-refractivity contribution < 1.29 is 9.53 Å². The summed E-state index contributed by atoms with van der Waals surface area (Å²) in [6, 6.07) is 0. The first-order chi connectivity index (χ1) is 7.69. The number of fused-ring (bicyclic) bond motifs is 1. The summed E-state index contributed by atoms with van der Waals surface area (Å²) in [6.45, 7) is 5.04. The first-order valence-corrected chi connectivity index (χ1v) is 5.43. The summed E-state index contributed by atoms with van der Waals surface area (Å²) in [5, 5.41) is 4.09. The minimum atomic E-state index is -0.317. The molecule has 0 spiro atoms. The van der Waals surface area contributed by atoms with Crippen LogP contribution in [0.3, 0.4) is 0 Å². The molecule has 0 unspecified atom stereocenters. The number of ether oxygens (including phenoxy) is 1. The lowest BCUT2D eigenvalue weighted by Crippen LogP contribution is -2.54. The molecule has 2 aliphatic heterocycles. The van der Waals surface area contributed by atoms with Gasteiger partial charge < -0.3 is 9.64 Å². The molecule has 1 fully saturated rings. The van der Waals surface area contributed by atoms with E-state index >= 15 is 0 Å². The molecule has 0 aromatic carbocycles. The fourth-order valence-electron chi connectivity index (χ4n) is 2.15. The van der Waals surface area contributed by atoms with Crippen molar-refractivity contribution in [3.8, 4) is 0 Å². The van der Waals surface area contributed by atoms with Crippen LogP contribution < -0.4 is 0 Å². The Hall–Kier alpha value is -1.43. The Morgan fingerprint density at radius 3 is 3.00 bits per heavy atom. The van der Waals surface area contributed by atoms with Gasteiger partial charge in [-0.05, 0) is 6.92 Å². The van der Waals surface area contributed by atoms with Crippen molar-refractivity contribution in [3.63, 3.8) is 0 Å². The molecule has 2 aliphatic rings. The van der Waals surface area contributed by atoms with Crippen molar-refractivity contribution in [2.75, 3.05) is 19.8 Å². The fraction of sp³-hybridized carbons (Fsp3) is 0.700. The summed E-state index contributed by atoms with van der Waals surface area (Å²) >= 11 is 0. The predicted octanol–water partition coefficient (Wildman–Crippen LogP) is -0.343. The van der Waals surface area contributed by atoms with Gasteiger partial charge in [-0.1, -0.05) is 0 Å². The second-order valence-corrected chi connectivity index (χ2v) is 4.68. The Morgan fingerprint density at radius 1 is 1.50 bits per heavy atom. The highest BCUT2D eigenvalue weighted by atomic mass is 16.5. The molecule has 1 saturated heterocycles. The topological polar surface area (TPSA) is 60.2 Å². The summed E-state index contributed by atoms with van der Waals surface area (Å²) in [5.74, 6) is 1.04. The molecule has 3 heterocycles. The first-order valence-electron chi connectivity index (χ1n) is 5.43. The zero-order valence-electron chi connectivity index (χ0n) is 9.22. The van der Waals surface area contributed by atoms with Crippen LogP contribution in [0.4, 0.5) is 0 Å². The van der Waals surface area contributed by atoms with Crippen LogP contribution in [0.5, 0.6) is 0 Å². The average molecular weight is 222 g/mol. The highest BCUT2D eigenvalue weighted by molar-refractivity contribution is 5.83. The molecule has 0 N–H and O–H groups in total. The van der Waals surface area contributed by atoms with Gasteiger partial charge in [0.1, 0.15) is 12.2 Å². The minimum Gasteiger partial charge on any atom is -0.379 e. The van der Waals surface area contributed by atoms with E-state index in [4.69, 9.17) is 4.74 Å². The maximum absolute atomic E-state index is 12.2. The van der Waals surface area contributed by atoms with E-state index in [-0.39, 0.29) is 11.3 Å². The van der Waals surface area contributed by atoms with Gasteiger partial charge in [0.2, 0.25) is 5.91 Å². The number of rotatable bonds is 1. The lowest BCUT2D eigenvalue weighted by atomic mass is 9.87. The van der Waals surface area contributed by atoms with Crippen LogP contribution in [0, 0.1) is 5.41 Å². The maximum atomic E-state index is 12.2. The summed E-state index contributed by atoms with van der Waals surface area (Å²) in [4.78, 5) is 18.2. The summed E-state index contributed by atoms with van der Waals surface area (Å²) < 4.78 is 6.97. The predicted molar refractivity (Wildman–Crippen MR) is 54.4 cm³/mol. The summed E-state index contributed by atoms with van der Waals surface area (Å²) in [5.41, 5.74) is -0.317. The van der Waals surface area contributed by atoms with Crippen LogP contribution >= 0.6 is 0 Å². The molecule has 3 rings (SSSR count). The maximum Gasteiger partial charge on any atom is 0.233 e. The Kier molecular flexibility index (Phi) is 2.00. The highest BCUT2D eigenvalue weighted by Crippen LogP contribution is 2.30. The second kappa shape index (κ2) is 3.28. The smallest absolute Gasteiger partial charge is 0.233 e. The molecule has 0 bridgehead atoms. The largest absolute Gasteiger partial charge is 0.379 e. The van der Waals surface area contributed by atoms with Crippen molar-refractivity contribution in [2.24, 2.45) is 5.41 Å². The Balaban J connectivity index is 1.76. The van der Waals surface area contributed by atoms with Crippen LogP contribution in [0.25, 0.3) is 0 Å². The number of amides is 1. The summed E-state index contributed by atoms with van der Waals surface area (Å²) in [7, 11) is 0. The summed E-state index contributed by atoms with van der Waals surface area (Å²) in [6.07, 6.45) is 1.54. The van der Waals surface area contributed by atoms with Gasteiger partial charge in [0, 0.05) is 6.54 Å². The molecule has 1 amide bonds. The lowest BCUT2D eigenvalue weighted by Gasteiger charge is -2.41. The van der Waals surface area contributed by atoms with E-state index in [2.05, 4.69) is 10.1 Å². The number of aromatic nitrogens is 3. The van der Waals surface area contributed by atoms with Crippen LogP contribution in [0.2, 0.25) is 0 Å².